The van der Waals surface area contributed by atoms with Crippen molar-refractivity contribution in [3.63, 3.8) is 0 Å². The summed E-state index contributed by atoms with van der Waals surface area (Å²) in [5.74, 6) is -2.28. The molecule has 4 rings (SSSR count). The van der Waals surface area contributed by atoms with Crippen molar-refractivity contribution in [2.75, 3.05) is 16.4 Å². The summed E-state index contributed by atoms with van der Waals surface area (Å²) in [5.41, 5.74) is 0.675. The molecule has 0 aliphatic heterocycles. The second-order valence-corrected chi connectivity index (χ2v) is 10.1. The molecule has 0 aliphatic carbocycles. The molecule has 3 amide bonds. The molecule has 0 spiro atoms. The first kappa shape index (κ1) is 30.0. The van der Waals surface area contributed by atoms with Gasteiger partial charge in [0.25, 0.3) is 17.5 Å². The van der Waals surface area contributed by atoms with Crippen LogP contribution >= 0.6 is 23.4 Å². The third-order valence-corrected chi connectivity index (χ3v) is 6.96. The van der Waals surface area contributed by atoms with Gasteiger partial charge in [-0.2, -0.15) is 0 Å². The van der Waals surface area contributed by atoms with Crippen LogP contribution in [0.3, 0.4) is 0 Å². The molecule has 0 heterocycles. The number of carbonyl (C=O) groups is 3. The van der Waals surface area contributed by atoms with E-state index in [0.29, 0.717) is 21.8 Å². The van der Waals surface area contributed by atoms with E-state index >= 15 is 0 Å². The number of rotatable bonds is 10. The van der Waals surface area contributed by atoms with Crippen LogP contribution in [0.1, 0.15) is 15.9 Å². The van der Waals surface area contributed by atoms with Crippen molar-refractivity contribution in [3.05, 3.63) is 135 Å². The molecule has 0 saturated carbocycles. The SMILES string of the molecule is O=C(CSc1cccc(NC(=O)/C(=C\c2c(F)cccc2Cl)NC(=O)c2ccccc2)c1)Nc1ccc([N+](=O)[O-])cc1. The zero-order chi connectivity index (χ0) is 30.1. The number of hydrogen-bond donors (Lipinski definition) is 3. The number of thioether (sulfide) groups is 1. The lowest BCUT2D eigenvalue weighted by Gasteiger charge is -2.13. The normalized spacial score (nSPS) is 11.0. The molecule has 42 heavy (non-hydrogen) atoms. The Kier molecular flexibility index (Phi) is 10.0. The molecule has 0 bridgehead atoms. The summed E-state index contributed by atoms with van der Waals surface area (Å²) >= 11 is 7.35. The van der Waals surface area contributed by atoms with Crippen molar-refractivity contribution in [1.82, 2.24) is 5.32 Å². The zero-order valence-electron chi connectivity index (χ0n) is 21.7. The van der Waals surface area contributed by atoms with Crippen LogP contribution in [0.15, 0.2) is 108 Å². The first-order chi connectivity index (χ1) is 20.2. The number of nitro benzene ring substituents is 1. The first-order valence-corrected chi connectivity index (χ1v) is 13.7. The van der Waals surface area contributed by atoms with Crippen LogP contribution in [-0.2, 0) is 9.59 Å². The van der Waals surface area contributed by atoms with E-state index in [4.69, 9.17) is 11.6 Å². The molecule has 0 saturated heterocycles. The smallest absolute Gasteiger partial charge is 0.272 e. The number of carbonyl (C=O) groups excluding carboxylic acids is 3. The third-order valence-electron chi connectivity index (χ3n) is 5.64. The minimum absolute atomic E-state index is 0.0262. The van der Waals surface area contributed by atoms with Gasteiger partial charge in [0.15, 0.2) is 0 Å². The van der Waals surface area contributed by atoms with E-state index in [-0.39, 0.29) is 33.6 Å². The average molecular weight is 605 g/mol. The molecule has 12 heteroatoms. The van der Waals surface area contributed by atoms with E-state index in [9.17, 15) is 28.9 Å². The predicted octanol–water partition coefficient (Wildman–Crippen LogP) is 6.53. The largest absolute Gasteiger partial charge is 0.325 e. The number of anilines is 2. The number of nitrogens with one attached hydrogen (secondary N) is 3. The van der Waals surface area contributed by atoms with Gasteiger partial charge in [0.1, 0.15) is 11.5 Å². The highest BCUT2D eigenvalue weighted by atomic mass is 35.5. The summed E-state index contributed by atoms with van der Waals surface area (Å²) in [6.45, 7) is 0. The van der Waals surface area contributed by atoms with Crippen LogP contribution in [-0.4, -0.2) is 28.4 Å². The number of benzene rings is 4. The molecular weight excluding hydrogens is 583 g/mol. The van der Waals surface area contributed by atoms with E-state index < -0.39 is 22.6 Å². The lowest BCUT2D eigenvalue weighted by molar-refractivity contribution is -0.384. The number of amides is 3. The van der Waals surface area contributed by atoms with Crippen LogP contribution in [0.5, 0.6) is 0 Å². The molecule has 3 N–H and O–H groups in total. The van der Waals surface area contributed by atoms with Crippen LogP contribution < -0.4 is 16.0 Å². The van der Waals surface area contributed by atoms with Crippen LogP contribution in [0, 0.1) is 15.9 Å². The maximum atomic E-state index is 14.5. The number of nitro groups is 1. The Morgan fingerprint density at radius 1 is 0.881 bits per heavy atom. The lowest BCUT2D eigenvalue weighted by atomic mass is 10.1. The van der Waals surface area contributed by atoms with Crippen LogP contribution in [0.2, 0.25) is 5.02 Å². The second kappa shape index (κ2) is 14.1. The van der Waals surface area contributed by atoms with E-state index in [0.717, 1.165) is 6.08 Å². The highest BCUT2D eigenvalue weighted by molar-refractivity contribution is 8.00. The van der Waals surface area contributed by atoms with Crippen LogP contribution in [0.4, 0.5) is 21.5 Å². The van der Waals surface area contributed by atoms with Crippen molar-refractivity contribution >= 4 is 64.2 Å². The topological polar surface area (TPSA) is 130 Å². The van der Waals surface area contributed by atoms with Gasteiger partial charge in [-0.15, -0.1) is 11.8 Å². The number of nitrogens with zero attached hydrogens (tertiary/aromatic N) is 1. The number of halogens is 2. The van der Waals surface area contributed by atoms with E-state index in [1.807, 2.05) is 0 Å². The van der Waals surface area contributed by atoms with E-state index in [2.05, 4.69) is 16.0 Å². The Morgan fingerprint density at radius 2 is 1.60 bits per heavy atom. The standard InChI is InChI=1S/C30H22ClFN4O5S/c31-25-10-5-11-26(32)24(25)17-27(35-29(38)19-6-2-1-3-7-19)30(39)34-21-8-4-9-23(16-21)42-18-28(37)33-20-12-14-22(15-13-20)36(40)41/h1-17H,18H2,(H,33,37)(H,34,39)(H,35,38)/b27-17+. The van der Waals surface area contributed by atoms with Gasteiger partial charge in [-0.3, -0.25) is 24.5 Å². The van der Waals surface area contributed by atoms with Gasteiger partial charge < -0.3 is 16.0 Å². The zero-order valence-corrected chi connectivity index (χ0v) is 23.2. The van der Waals surface area contributed by atoms with Gasteiger partial charge in [0.2, 0.25) is 5.91 Å². The maximum Gasteiger partial charge on any atom is 0.272 e. The average Bonchev–Trinajstić information content (AvgIpc) is 2.98. The molecule has 9 nitrogen and oxygen atoms in total. The Bertz CT molecular complexity index is 1650. The molecule has 0 aliphatic rings. The van der Waals surface area contributed by atoms with Crippen molar-refractivity contribution in [3.8, 4) is 0 Å². The molecule has 212 valence electrons. The van der Waals surface area contributed by atoms with Gasteiger partial charge in [-0.1, -0.05) is 41.9 Å². The molecule has 0 aromatic heterocycles. The molecule has 0 atom stereocenters. The summed E-state index contributed by atoms with van der Waals surface area (Å²) < 4.78 is 14.5. The van der Waals surface area contributed by atoms with Gasteiger partial charge in [-0.25, -0.2) is 4.39 Å². The predicted molar refractivity (Wildman–Crippen MR) is 161 cm³/mol. The summed E-state index contributed by atoms with van der Waals surface area (Å²) in [7, 11) is 0. The first-order valence-electron chi connectivity index (χ1n) is 12.3. The Hall–Kier alpha value is -5.00. The van der Waals surface area contributed by atoms with Crippen molar-refractivity contribution in [1.29, 1.82) is 0 Å². The summed E-state index contributed by atoms with van der Waals surface area (Å²) in [6.07, 6.45) is 1.16. The fourth-order valence-electron chi connectivity index (χ4n) is 3.61. The van der Waals surface area contributed by atoms with Gasteiger partial charge in [0.05, 0.1) is 15.7 Å². The fraction of sp³-hybridized carbons (Fsp3) is 0.0333. The third kappa shape index (κ3) is 8.26. The van der Waals surface area contributed by atoms with E-state index in [1.54, 1.807) is 54.6 Å². The highest BCUT2D eigenvalue weighted by Crippen LogP contribution is 2.25. The van der Waals surface area contributed by atoms with E-state index in [1.165, 1.54) is 54.2 Å². The van der Waals surface area contributed by atoms with Gasteiger partial charge in [0, 0.05) is 39.5 Å². The highest BCUT2D eigenvalue weighted by Gasteiger charge is 2.17. The Labute approximate surface area is 248 Å². The second-order valence-electron chi connectivity index (χ2n) is 8.64. The van der Waals surface area contributed by atoms with Crippen molar-refractivity contribution < 1.29 is 23.7 Å². The van der Waals surface area contributed by atoms with Gasteiger partial charge >= 0.3 is 0 Å². The lowest BCUT2D eigenvalue weighted by Crippen LogP contribution is -2.30. The monoisotopic (exact) mass is 604 g/mol. The molecule has 4 aromatic carbocycles. The summed E-state index contributed by atoms with van der Waals surface area (Å²) in [4.78, 5) is 49.4. The Morgan fingerprint density at radius 3 is 2.29 bits per heavy atom. The van der Waals surface area contributed by atoms with Gasteiger partial charge in [-0.05, 0) is 60.7 Å². The molecule has 4 aromatic rings. The minimum Gasteiger partial charge on any atom is -0.325 e. The summed E-state index contributed by atoms with van der Waals surface area (Å²) in [6, 6.07) is 24.4. The number of non-ortho nitro benzene ring substituents is 1. The molecular formula is C30H22ClFN4O5S. The molecule has 0 radical (unpaired) electrons. The molecule has 0 unspecified atom stereocenters. The summed E-state index contributed by atoms with van der Waals surface area (Å²) in [5, 5.41) is 18.7. The minimum atomic E-state index is -0.725. The van der Waals surface area contributed by atoms with Crippen molar-refractivity contribution in [2.45, 2.75) is 4.90 Å². The molecule has 0 fully saturated rings. The van der Waals surface area contributed by atoms with Crippen molar-refractivity contribution in [2.24, 2.45) is 0 Å². The number of hydrogen-bond acceptors (Lipinski definition) is 6. The van der Waals surface area contributed by atoms with Crippen LogP contribution in [0.25, 0.3) is 6.08 Å². The maximum absolute atomic E-state index is 14.5. The Balaban J connectivity index is 1.46. The quantitative estimate of drug-likeness (QED) is 0.0817. The fourth-order valence-corrected chi connectivity index (χ4v) is 4.58.